The largest absolute Gasteiger partial charge is 0.416 e. The Kier molecular flexibility index (Phi) is 4.76. The molecule has 0 saturated carbocycles. The molecule has 1 unspecified atom stereocenters. The Hall–Kier alpha value is -0.220. The van der Waals surface area contributed by atoms with Crippen LogP contribution in [0.2, 0.25) is 0 Å². The quantitative estimate of drug-likeness (QED) is 0.607. The first-order chi connectivity index (χ1) is 8.01. The Labute approximate surface area is 119 Å². The van der Waals surface area contributed by atoms with E-state index >= 15 is 0 Å². The van der Waals surface area contributed by atoms with Crippen LogP contribution in [0.1, 0.15) is 31.9 Å². The number of alkyl halides is 4. The van der Waals surface area contributed by atoms with Crippen molar-refractivity contribution in [3.05, 3.63) is 33.8 Å². The zero-order chi connectivity index (χ0) is 14.1. The summed E-state index contributed by atoms with van der Waals surface area (Å²) in [5.74, 6) is 0. The molecular weight excluding hydrogens is 328 g/mol. The topological polar surface area (TPSA) is 0 Å². The van der Waals surface area contributed by atoms with E-state index in [1.165, 1.54) is 6.07 Å². The molecule has 1 aromatic rings. The highest BCUT2D eigenvalue weighted by molar-refractivity contribution is 9.10. The van der Waals surface area contributed by atoms with Crippen LogP contribution in [0.3, 0.4) is 0 Å². The molecule has 5 heteroatoms. The predicted molar refractivity (Wildman–Crippen MR) is 71.9 cm³/mol. The van der Waals surface area contributed by atoms with E-state index < -0.39 is 11.7 Å². The lowest BCUT2D eigenvalue weighted by Crippen LogP contribution is -2.23. The molecule has 0 heterocycles. The lowest BCUT2D eigenvalue weighted by Gasteiger charge is -2.25. The maximum Gasteiger partial charge on any atom is 0.416 e. The summed E-state index contributed by atoms with van der Waals surface area (Å²) in [5, 5.41) is -0.134. The fourth-order valence-corrected chi connectivity index (χ4v) is 2.10. The van der Waals surface area contributed by atoms with Crippen molar-refractivity contribution < 1.29 is 13.2 Å². The van der Waals surface area contributed by atoms with E-state index in [1.54, 1.807) is 0 Å². The molecule has 0 saturated heterocycles. The molecule has 0 fully saturated rings. The van der Waals surface area contributed by atoms with E-state index in [0.29, 0.717) is 10.9 Å². The van der Waals surface area contributed by atoms with E-state index in [2.05, 4.69) is 15.9 Å². The van der Waals surface area contributed by atoms with E-state index in [4.69, 9.17) is 11.6 Å². The molecule has 0 spiro atoms. The van der Waals surface area contributed by atoms with Gasteiger partial charge in [0.15, 0.2) is 0 Å². The smallest absolute Gasteiger partial charge is 0.166 e. The first-order valence-corrected chi connectivity index (χ1v) is 6.74. The molecule has 0 radical (unpaired) electrons. The average Bonchev–Trinajstić information content (AvgIpc) is 2.17. The number of benzene rings is 1. The second kappa shape index (κ2) is 5.41. The van der Waals surface area contributed by atoms with Gasteiger partial charge in [-0.3, -0.25) is 0 Å². The molecule has 0 aliphatic carbocycles. The van der Waals surface area contributed by atoms with Gasteiger partial charge >= 0.3 is 6.18 Å². The molecule has 1 rings (SSSR count). The van der Waals surface area contributed by atoms with Crippen molar-refractivity contribution >= 4 is 27.5 Å². The molecule has 0 N–H and O–H groups in total. The third-order valence-corrected chi connectivity index (χ3v) is 4.27. The van der Waals surface area contributed by atoms with Crippen molar-refractivity contribution in [1.29, 1.82) is 0 Å². The van der Waals surface area contributed by atoms with E-state index in [0.717, 1.165) is 17.7 Å². The van der Waals surface area contributed by atoms with Crippen LogP contribution in [0.15, 0.2) is 22.7 Å². The molecule has 102 valence electrons. The highest BCUT2D eigenvalue weighted by atomic mass is 79.9. The normalized spacial score (nSPS) is 14.7. The second-order valence-corrected chi connectivity index (χ2v) is 6.72. The zero-order valence-electron chi connectivity index (χ0n) is 10.4. The maximum absolute atomic E-state index is 12.5. The van der Waals surface area contributed by atoms with Crippen LogP contribution >= 0.6 is 27.5 Å². The van der Waals surface area contributed by atoms with Gasteiger partial charge in [0.25, 0.3) is 0 Å². The van der Waals surface area contributed by atoms with Crippen LogP contribution in [0.25, 0.3) is 0 Å². The number of rotatable bonds is 2. The molecule has 18 heavy (non-hydrogen) atoms. The van der Waals surface area contributed by atoms with Crippen molar-refractivity contribution in [3.8, 4) is 0 Å². The molecule has 1 atom stereocenters. The van der Waals surface area contributed by atoms with Crippen LogP contribution in [0.5, 0.6) is 0 Å². The van der Waals surface area contributed by atoms with Gasteiger partial charge in [-0.1, -0.05) is 42.8 Å². The maximum atomic E-state index is 12.5. The second-order valence-electron chi connectivity index (χ2n) is 5.34. The van der Waals surface area contributed by atoms with Crippen molar-refractivity contribution in [3.63, 3.8) is 0 Å². The third kappa shape index (κ3) is 4.16. The summed E-state index contributed by atoms with van der Waals surface area (Å²) in [7, 11) is 0. The summed E-state index contributed by atoms with van der Waals surface area (Å²) < 4.78 is 38.0. The average molecular weight is 344 g/mol. The predicted octanol–water partition coefficient (Wildman–Crippen LogP) is 5.66. The summed E-state index contributed by atoms with van der Waals surface area (Å²) >= 11 is 9.43. The standard InChI is InChI=1S/C13H15BrClF3/c1-12(2,3)11(15)6-8-4-5-9(7-10(8)14)13(16,17)18/h4-5,7,11H,6H2,1-3H3. The Morgan fingerprint density at radius 3 is 2.17 bits per heavy atom. The lowest BCUT2D eigenvalue weighted by molar-refractivity contribution is -0.137. The minimum atomic E-state index is -4.31. The summed E-state index contributed by atoms with van der Waals surface area (Å²) in [4.78, 5) is 0. The van der Waals surface area contributed by atoms with Crippen molar-refractivity contribution in [2.24, 2.45) is 5.41 Å². The lowest BCUT2D eigenvalue weighted by atomic mass is 9.88. The Bertz CT molecular complexity index is 421. The fourth-order valence-electron chi connectivity index (χ4n) is 1.39. The van der Waals surface area contributed by atoms with Crippen molar-refractivity contribution in [2.75, 3.05) is 0 Å². The van der Waals surface area contributed by atoms with Gasteiger partial charge in [-0.15, -0.1) is 11.6 Å². The van der Waals surface area contributed by atoms with Gasteiger partial charge in [0.1, 0.15) is 0 Å². The molecule has 0 bridgehead atoms. The monoisotopic (exact) mass is 342 g/mol. The first-order valence-electron chi connectivity index (χ1n) is 5.51. The minimum absolute atomic E-state index is 0.0936. The van der Waals surface area contributed by atoms with Gasteiger partial charge in [0.05, 0.1) is 5.56 Å². The number of hydrogen-bond acceptors (Lipinski definition) is 0. The molecular formula is C13H15BrClF3. The summed E-state index contributed by atoms with van der Waals surface area (Å²) in [6.07, 6.45) is -3.78. The van der Waals surface area contributed by atoms with Crippen LogP contribution in [-0.2, 0) is 12.6 Å². The Balaban J connectivity index is 2.94. The zero-order valence-corrected chi connectivity index (χ0v) is 12.7. The Morgan fingerprint density at radius 1 is 1.22 bits per heavy atom. The van der Waals surface area contributed by atoms with Gasteiger partial charge < -0.3 is 0 Å². The van der Waals surface area contributed by atoms with Crippen LogP contribution < -0.4 is 0 Å². The summed E-state index contributed by atoms with van der Waals surface area (Å²) in [6, 6.07) is 3.67. The summed E-state index contributed by atoms with van der Waals surface area (Å²) in [5.41, 5.74) is 0.0434. The van der Waals surface area contributed by atoms with Crippen LogP contribution in [0.4, 0.5) is 13.2 Å². The van der Waals surface area contributed by atoms with Gasteiger partial charge in [0.2, 0.25) is 0 Å². The van der Waals surface area contributed by atoms with Gasteiger partial charge in [-0.25, -0.2) is 0 Å². The van der Waals surface area contributed by atoms with Gasteiger partial charge in [0, 0.05) is 9.85 Å². The van der Waals surface area contributed by atoms with E-state index in [9.17, 15) is 13.2 Å². The van der Waals surface area contributed by atoms with Crippen molar-refractivity contribution in [2.45, 2.75) is 38.7 Å². The highest BCUT2D eigenvalue weighted by Crippen LogP contribution is 2.34. The van der Waals surface area contributed by atoms with Gasteiger partial charge in [-0.05, 0) is 29.5 Å². The SMILES string of the molecule is CC(C)(C)C(Cl)Cc1ccc(C(F)(F)F)cc1Br. The number of hydrogen-bond donors (Lipinski definition) is 0. The number of halogens is 5. The molecule has 0 amide bonds. The van der Waals surface area contributed by atoms with Crippen LogP contribution in [-0.4, -0.2) is 5.38 Å². The molecule has 0 aromatic heterocycles. The van der Waals surface area contributed by atoms with Crippen molar-refractivity contribution in [1.82, 2.24) is 0 Å². The molecule has 1 aromatic carbocycles. The molecule has 0 nitrogen and oxygen atoms in total. The fraction of sp³-hybridized carbons (Fsp3) is 0.538. The van der Waals surface area contributed by atoms with Crippen LogP contribution in [0, 0.1) is 5.41 Å². The molecule has 0 aliphatic rings. The van der Waals surface area contributed by atoms with E-state index in [1.807, 2.05) is 20.8 Å². The molecule has 0 aliphatic heterocycles. The third-order valence-electron chi connectivity index (χ3n) is 2.72. The highest BCUT2D eigenvalue weighted by Gasteiger charge is 2.31. The van der Waals surface area contributed by atoms with E-state index in [-0.39, 0.29) is 10.8 Å². The first kappa shape index (κ1) is 15.8. The van der Waals surface area contributed by atoms with Gasteiger partial charge in [-0.2, -0.15) is 13.2 Å². The summed E-state index contributed by atoms with van der Waals surface area (Å²) in [6.45, 7) is 6.01. The minimum Gasteiger partial charge on any atom is -0.166 e. The Morgan fingerprint density at radius 2 is 1.78 bits per heavy atom.